The van der Waals surface area contributed by atoms with E-state index in [1.165, 1.54) is 9.80 Å². The Kier molecular flexibility index (Phi) is 6.42. The minimum absolute atomic E-state index is 0.143. The molecular weight excluding hydrogens is 296 g/mol. The molecule has 0 aliphatic carbocycles. The molecule has 0 spiro atoms. The molecule has 0 aliphatic heterocycles. The van der Waals surface area contributed by atoms with E-state index in [9.17, 15) is 19.8 Å². The number of nitrogens with zero attached hydrogens (tertiary/aromatic N) is 2. The van der Waals surface area contributed by atoms with Crippen LogP contribution in [0.5, 0.6) is 0 Å². The molecule has 1 rings (SSSR count). The van der Waals surface area contributed by atoms with Crippen molar-refractivity contribution in [2.24, 2.45) is 0 Å². The predicted octanol–water partition coefficient (Wildman–Crippen LogP) is 3.72. The average molecular weight is 322 g/mol. The maximum Gasteiger partial charge on any atom is 0.408 e. The minimum Gasteiger partial charge on any atom is -0.465 e. The molecule has 0 bridgehead atoms. The second-order valence-corrected chi connectivity index (χ2v) is 6.53. The summed E-state index contributed by atoms with van der Waals surface area (Å²) in [5.74, 6) is 0. The van der Waals surface area contributed by atoms with Gasteiger partial charge in [0.25, 0.3) is 0 Å². The summed E-state index contributed by atoms with van der Waals surface area (Å²) in [5, 5.41) is 19.0. The normalized spacial score (nSPS) is 12.5. The van der Waals surface area contributed by atoms with E-state index in [1.807, 2.05) is 58.0 Å². The molecule has 6 heteroatoms. The molecule has 0 unspecified atom stereocenters. The molecule has 0 heterocycles. The fraction of sp³-hybridized carbons (Fsp3) is 0.529. The highest BCUT2D eigenvalue weighted by molar-refractivity contribution is 5.67. The van der Waals surface area contributed by atoms with Gasteiger partial charge in [-0.1, -0.05) is 37.3 Å². The standard InChI is InChI=1S/C17H26N2O4/c1-5-14(19(16(22)23)17(2,3)4)12-18(15(20)21)11-13-9-7-6-8-10-13/h6-10,14H,5,11-12H2,1-4H3,(H,20,21)(H,22,23)/t14-/m1/s1. The Labute approximate surface area is 137 Å². The zero-order valence-corrected chi connectivity index (χ0v) is 14.2. The van der Waals surface area contributed by atoms with Crippen molar-refractivity contribution in [1.82, 2.24) is 9.80 Å². The van der Waals surface area contributed by atoms with Crippen LogP contribution < -0.4 is 0 Å². The monoisotopic (exact) mass is 322 g/mol. The van der Waals surface area contributed by atoms with Gasteiger partial charge in [0.1, 0.15) is 0 Å². The highest BCUT2D eigenvalue weighted by Crippen LogP contribution is 2.21. The first kappa shape index (κ1) is 18.8. The predicted molar refractivity (Wildman–Crippen MR) is 88.6 cm³/mol. The number of benzene rings is 1. The maximum absolute atomic E-state index is 11.6. The molecule has 1 aromatic carbocycles. The summed E-state index contributed by atoms with van der Waals surface area (Å²) in [5.41, 5.74) is 0.283. The molecule has 0 fully saturated rings. The zero-order chi connectivity index (χ0) is 17.6. The van der Waals surface area contributed by atoms with Crippen LogP contribution in [-0.2, 0) is 6.54 Å². The Hall–Kier alpha value is -2.24. The average Bonchev–Trinajstić information content (AvgIpc) is 2.44. The van der Waals surface area contributed by atoms with Gasteiger partial charge in [-0.25, -0.2) is 9.59 Å². The van der Waals surface area contributed by atoms with Crippen molar-refractivity contribution in [3.8, 4) is 0 Å². The Morgan fingerprint density at radius 1 is 1.09 bits per heavy atom. The van der Waals surface area contributed by atoms with Crippen LogP contribution in [-0.4, -0.2) is 50.3 Å². The van der Waals surface area contributed by atoms with Gasteiger partial charge in [0.05, 0.1) is 6.04 Å². The Morgan fingerprint density at radius 3 is 2.04 bits per heavy atom. The molecule has 6 nitrogen and oxygen atoms in total. The van der Waals surface area contributed by atoms with Crippen molar-refractivity contribution in [3.63, 3.8) is 0 Å². The first-order valence-corrected chi connectivity index (χ1v) is 7.70. The number of hydrogen-bond acceptors (Lipinski definition) is 2. The van der Waals surface area contributed by atoms with Crippen LogP contribution in [0.25, 0.3) is 0 Å². The summed E-state index contributed by atoms with van der Waals surface area (Å²) >= 11 is 0. The van der Waals surface area contributed by atoms with E-state index in [-0.39, 0.29) is 13.1 Å². The molecular formula is C17H26N2O4. The molecule has 0 saturated heterocycles. The topological polar surface area (TPSA) is 81.1 Å². The van der Waals surface area contributed by atoms with E-state index in [1.54, 1.807) is 0 Å². The molecule has 0 aliphatic rings. The summed E-state index contributed by atoms with van der Waals surface area (Å²) in [7, 11) is 0. The van der Waals surface area contributed by atoms with E-state index in [0.29, 0.717) is 6.42 Å². The van der Waals surface area contributed by atoms with Gasteiger partial charge in [0.15, 0.2) is 0 Å². The fourth-order valence-electron chi connectivity index (χ4n) is 2.65. The van der Waals surface area contributed by atoms with Crippen LogP contribution >= 0.6 is 0 Å². The van der Waals surface area contributed by atoms with Crippen molar-refractivity contribution >= 4 is 12.2 Å². The van der Waals surface area contributed by atoms with Gasteiger partial charge >= 0.3 is 12.2 Å². The SMILES string of the molecule is CC[C@H](CN(Cc1ccccc1)C(=O)O)N(C(=O)O)C(C)(C)C. The fourth-order valence-corrected chi connectivity index (χ4v) is 2.65. The van der Waals surface area contributed by atoms with E-state index in [4.69, 9.17) is 0 Å². The minimum atomic E-state index is -1.05. The Morgan fingerprint density at radius 2 is 1.65 bits per heavy atom. The second-order valence-electron chi connectivity index (χ2n) is 6.53. The van der Waals surface area contributed by atoms with Crippen molar-refractivity contribution < 1.29 is 19.8 Å². The lowest BCUT2D eigenvalue weighted by Gasteiger charge is -2.40. The van der Waals surface area contributed by atoms with E-state index < -0.39 is 23.8 Å². The first-order chi connectivity index (χ1) is 10.7. The molecule has 0 saturated carbocycles. The Bertz CT molecular complexity index is 525. The molecule has 1 atom stereocenters. The van der Waals surface area contributed by atoms with Gasteiger partial charge in [-0.15, -0.1) is 0 Å². The maximum atomic E-state index is 11.6. The van der Waals surface area contributed by atoms with Crippen molar-refractivity contribution in [2.45, 2.75) is 52.2 Å². The van der Waals surface area contributed by atoms with Crippen LogP contribution in [0.1, 0.15) is 39.7 Å². The molecule has 2 amide bonds. The highest BCUT2D eigenvalue weighted by atomic mass is 16.4. The van der Waals surface area contributed by atoms with Crippen molar-refractivity contribution in [2.75, 3.05) is 6.54 Å². The molecule has 0 radical (unpaired) electrons. The molecule has 0 aromatic heterocycles. The molecule has 128 valence electrons. The van der Waals surface area contributed by atoms with Crippen LogP contribution in [0.4, 0.5) is 9.59 Å². The third kappa shape index (κ3) is 5.47. The van der Waals surface area contributed by atoms with Gasteiger partial charge in [-0.3, -0.25) is 4.90 Å². The molecule has 23 heavy (non-hydrogen) atoms. The lowest BCUT2D eigenvalue weighted by atomic mass is 10.0. The lowest BCUT2D eigenvalue weighted by Crippen LogP contribution is -2.55. The van der Waals surface area contributed by atoms with E-state index >= 15 is 0 Å². The molecule has 2 N–H and O–H groups in total. The number of amides is 2. The second kappa shape index (κ2) is 7.85. The smallest absolute Gasteiger partial charge is 0.408 e. The van der Waals surface area contributed by atoms with Crippen LogP contribution in [0, 0.1) is 0 Å². The van der Waals surface area contributed by atoms with Crippen molar-refractivity contribution in [1.29, 1.82) is 0 Å². The van der Waals surface area contributed by atoms with Crippen LogP contribution in [0.3, 0.4) is 0 Å². The lowest BCUT2D eigenvalue weighted by molar-refractivity contribution is 0.0508. The summed E-state index contributed by atoms with van der Waals surface area (Å²) in [6.45, 7) is 7.69. The molecule has 1 aromatic rings. The van der Waals surface area contributed by atoms with Gasteiger partial charge in [-0.2, -0.15) is 0 Å². The quantitative estimate of drug-likeness (QED) is 0.836. The van der Waals surface area contributed by atoms with Gasteiger partial charge in [-0.05, 0) is 32.8 Å². The number of carbonyl (C=O) groups is 2. The van der Waals surface area contributed by atoms with Gasteiger partial charge < -0.3 is 15.1 Å². The van der Waals surface area contributed by atoms with Gasteiger partial charge in [0, 0.05) is 18.6 Å². The summed E-state index contributed by atoms with van der Waals surface area (Å²) in [6, 6.07) is 8.89. The summed E-state index contributed by atoms with van der Waals surface area (Å²) < 4.78 is 0. The van der Waals surface area contributed by atoms with Crippen LogP contribution in [0.2, 0.25) is 0 Å². The summed E-state index contributed by atoms with van der Waals surface area (Å²) in [4.78, 5) is 25.8. The third-order valence-corrected chi connectivity index (χ3v) is 3.68. The first-order valence-electron chi connectivity index (χ1n) is 7.70. The zero-order valence-electron chi connectivity index (χ0n) is 14.2. The number of rotatable bonds is 6. The van der Waals surface area contributed by atoms with Gasteiger partial charge in [0.2, 0.25) is 0 Å². The largest absolute Gasteiger partial charge is 0.465 e. The van der Waals surface area contributed by atoms with E-state index in [0.717, 1.165) is 5.56 Å². The van der Waals surface area contributed by atoms with E-state index in [2.05, 4.69) is 0 Å². The highest BCUT2D eigenvalue weighted by Gasteiger charge is 2.34. The Balaban J connectivity index is 2.95. The number of carboxylic acid groups (broad SMARTS) is 2. The number of hydrogen-bond donors (Lipinski definition) is 2. The van der Waals surface area contributed by atoms with Crippen molar-refractivity contribution in [3.05, 3.63) is 35.9 Å². The third-order valence-electron chi connectivity index (χ3n) is 3.68. The van der Waals surface area contributed by atoms with Crippen LogP contribution in [0.15, 0.2) is 30.3 Å². The summed E-state index contributed by atoms with van der Waals surface area (Å²) in [6.07, 6.45) is -1.54.